The van der Waals surface area contributed by atoms with Crippen molar-refractivity contribution in [1.82, 2.24) is 14.2 Å². The van der Waals surface area contributed by atoms with E-state index in [-0.39, 0.29) is 17.7 Å². The molecule has 6 nitrogen and oxygen atoms in total. The zero-order chi connectivity index (χ0) is 20.3. The summed E-state index contributed by atoms with van der Waals surface area (Å²) in [6.45, 7) is 4.60. The first-order valence-electron chi connectivity index (χ1n) is 9.61. The number of aryl methyl sites for hydroxylation is 1. The predicted molar refractivity (Wildman–Crippen MR) is 111 cm³/mol. The maximum atomic E-state index is 13.0. The summed E-state index contributed by atoms with van der Waals surface area (Å²) in [5.74, 6) is 0.0606. The molecule has 1 aliphatic rings. The fraction of sp³-hybridized carbons (Fsp3) is 0.429. The topological polar surface area (TPSA) is 70.6 Å². The van der Waals surface area contributed by atoms with Crippen LogP contribution < -0.4 is 0 Å². The molecule has 0 saturated carbocycles. The molecule has 1 saturated heterocycles. The fourth-order valence-electron chi connectivity index (χ4n) is 3.59. The van der Waals surface area contributed by atoms with E-state index < -0.39 is 10.0 Å². The molecule has 0 radical (unpaired) electrons. The molecule has 7 heteroatoms. The van der Waals surface area contributed by atoms with Gasteiger partial charge in [-0.3, -0.25) is 9.78 Å². The van der Waals surface area contributed by atoms with Gasteiger partial charge in [-0.1, -0.05) is 30.3 Å². The Kier molecular flexibility index (Phi) is 6.15. The van der Waals surface area contributed by atoms with Gasteiger partial charge in [0.2, 0.25) is 10.0 Å². The zero-order valence-corrected chi connectivity index (χ0v) is 17.4. The number of amides is 1. The average molecular weight is 402 g/mol. The summed E-state index contributed by atoms with van der Waals surface area (Å²) in [4.78, 5) is 19.4. The van der Waals surface area contributed by atoms with Crippen molar-refractivity contribution in [3.8, 4) is 11.3 Å². The van der Waals surface area contributed by atoms with Gasteiger partial charge in [-0.05, 0) is 38.8 Å². The van der Waals surface area contributed by atoms with E-state index in [4.69, 9.17) is 0 Å². The van der Waals surface area contributed by atoms with Gasteiger partial charge in [-0.15, -0.1) is 0 Å². The molecule has 2 aromatic rings. The highest BCUT2D eigenvalue weighted by molar-refractivity contribution is 7.89. The van der Waals surface area contributed by atoms with Gasteiger partial charge in [0.25, 0.3) is 5.91 Å². The molecule has 3 rings (SSSR count). The van der Waals surface area contributed by atoms with Crippen LogP contribution in [-0.2, 0) is 10.0 Å². The third-order valence-electron chi connectivity index (χ3n) is 5.46. The highest BCUT2D eigenvalue weighted by Crippen LogP contribution is 2.23. The molecule has 0 N–H and O–H groups in total. The van der Waals surface area contributed by atoms with Gasteiger partial charge in [0.1, 0.15) is 0 Å². The standard InChI is InChI=1S/C21H27N3O3S/c1-4-28(26,27)23(3)18-12-14-24(15-13-18)21(25)19-10-11-20(22-16(19)2)17-8-6-5-7-9-17/h5-11,18H,4,12-15H2,1-3H3. The number of carbonyl (C=O) groups excluding carboxylic acids is 1. The Morgan fingerprint density at radius 2 is 1.79 bits per heavy atom. The fourth-order valence-corrected chi connectivity index (χ4v) is 4.66. The summed E-state index contributed by atoms with van der Waals surface area (Å²) in [7, 11) is -1.57. The van der Waals surface area contributed by atoms with Gasteiger partial charge in [0, 0.05) is 31.7 Å². The SMILES string of the molecule is CCS(=O)(=O)N(C)C1CCN(C(=O)c2ccc(-c3ccccc3)nc2C)CC1. The third-order valence-corrected chi connectivity index (χ3v) is 7.36. The van der Waals surface area contributed by atoms with Crippen molar-refractivity contribution in [2.24, 2.45) is 0 Å². The van der Waals surface area contributed by atoms with Crippen LogP contribution in [0.4, 0.5) is 0 Å². The van der Waals surface area contributed by atoms with Crippen LogP contribution in [-0.4, -0.2) is 60.4 Å². The smallest absolute Gasteiger partial charge is 0.255 e. The Balaban J connectivity index is 1.69. The predicted octanol–water partition coefficient (Wildman–Crippen LogP) is 2.94. The number of rotatable bonds is 5. The summed E-state index contributed by atoms with van der Waals surface area (Å²) >= 11 is 0. The summed E-state index contributed by atoms with van der Waals surface area (Å²) < 4.78 is 25.6. The summed E-state index contributed by atoms with van der Waals surface area (Å²) in [6, 6.07) is 13.5. The molecule has 2 heterocycles. The number of benzene rings is 1. The van der Waals surface area contributed by atoms with Crippen LogP contribution >= 0.6 is 0 Å². The molecule has 0 bridgehead atoms. The molecule has 0 aliphatic carbocycles. The van der Waals surface area contributed by atoms with Gasteiger partial charge in [0.05, 0.1) is 22.7 Å². The number of likely N-dealkylation sites (tertiary alicyclic amines) is 1. The monoisotopic (exact) mass is 401 g/mol. The lowest BCUT2D eigenvalue weighted by Crippen LogP contribution is -2.47. The minimum atomic E-state index is -3.21. The number of sulfonamides is 1. The van der Waals surface area contributed by atoms with E-state index in [1.165, 1.54) is 4.31 Å². The average Bonchev–Trinajstić information content (AvgIpc) is 2.73. The summed E-state index contributed by atoms with van der Waals surface area (Å²) in [6.07, 6.45) is 1.30. The number of hydrogen-bond acceptors (Lipinski definition) is 4. The van der Waals surface area contributed by atoms with E-state index >= 15 is 0 Å². The first-order chi connectivity index (χ1) is 13.3. The van der Waals surface area contributed by atoms with E-state index in [9.17, 15) is 13.2 Å². The lowest BCUT2D eigenvalue weighted by Gasteiger charge is -2.36. The molecule has 0 atom stereocenters. The Morgan fingerprint density at radius 1 is 1.14 bits per heavy atom. The third kappa shape index (κ3) is 4.25. The molecule has 1 aliphatic heterocycles. The van der Waals surface area contributed by atoms with Crippen LogP contribution in [0.25, 0.3) is 11.3 Å². The summed E-state index contributed by atoms with van der Waals surface area (Å²) in [5, 5.41) is 0. The number of nitrogens with zero attached hydrogens (tertiary/aromatic N) is 3. The van der Waals surface area contributed by atoms with Crippen molar-refractivity contribution in [1.29, 1.82) is 0 Å². The molecule has 1 amide bonds. The number of carbonyl (C=O) groups is 1. The van der Waals surface area contributed by atoms with Crippen molar-refractivity contribution in [2.45, 2.75) is 32.7 Å². The first kappa shape index (κ1) is 20.5. The van der Waals surface area contributed by atoms with Gasteiger partial charge < -0.3 is 4.90 Å². The molecular weight excluding hydrogens is 374 g/mol. The lowest BCUT2D eigenvalue weighted by atomic mass is 10.0. The molecule has 1 fully saturated rings. The lowest BCUT2D eigenvalue weighted by molar-refractivity contribution is 0.0685. The second kappa shape index (κ2) is 8.41. The highest BCUT2D eigenvalue weighted by atomic mass is 32.2. The second-order valence-corrected chi connectivity index (χ2v) is 9.45. The van der Waals surface area contributed by atoms with E-state index in [1.807, 2.05) is 49.4 Å². The van der Waals surface area contributed by atoms with Crippen LogP contribution in [0.3, 0.4) is 0 Å². The zero-order valence-electron chi connectivity index (χ0n) is 16.6. The van der Waals surface area contributed by atoms with E-state index in [1.54, 1.807) is 18.9 Å². The van der Waals surface area contributed by atoms with Gasteiger partial charge in [-0.25, -0.2) is 12.7 Å². The van der Waals surface area contributed by atoms with Crippen molar-refractivity contribution in [2.75, 3.05) is 25.9 Å². The number of aromatic nitrogens is 1. The number of piperidine rings is 1. The largest absolute Gasteiger partial charge is 0.338 e. The Labute approximate surface area is 167 Å². The quantitative estimate of drug-likeness (QED) is 0.772. The van der Waals surface area contributed by atoms with Crippen LogP contribution in [0.15, 0.2) is 42.5 Å². The summed E-state index contributed by atoms with van der Waals surface area (Å²) in [5.41, 5.74) is 3.18. The normalized spacial score (nSPS) is 15.8. The number of hydrogen-bond donors (Lipinski definition) is 0. The van der Waals surface area contributed by atoms with Gasteiger partial charge in [-0.2, -0.15) is 0 Å². The minimum Gasteiger partial charge on any atom is -0.338 e. The Morgan fingerprint density at radius 3 is 2.36 bits per heavy atom. The molecule has 28 heavy (non-hydrogen) atoms. The second-order valence-electron chi connectivity index (χ2n) is 7.14. The maximum Gasteiger partial charge on any atom is 0.255 e. The minimum absolute atomic E-state index is 0.0379. The first-order valence-corrected chi connectivity index (χ1v) is 11.2. The maximum absolute atomic E-state index is 13.0. The molecule has 0 spiro atoms. The van der Waals surface area contributed by atoms with Crippen molar-refractivity contribution in [3.05, 3.63) is 53.7 Å². The highest BCUT2D eigenvalue weighted by Gasteiger charge is 2.31. The Bertz CT molecular complexity index is 937. The number of pyridine rings is 1. The van der Waals surface area contributed by atoms with Gasteiger partial charge in [0.15, 0.2) is 0 Å². The Hall–Kier alpha value is -2.25. The van der Waals surface area contributed by atoms with Crippen molar-refractivity contribution >= 4 is 15.9 Å². The van der Waals surface area contributed by atoms with E-state index in [2.05, 4.69) is 4.98 Å². The van der Waals surface area contributed by atoms with Crippen LogP contribution in [0.1, 0.15) is 35.8 Å². The molecule has 150 valence electrons. The molecular formula is C21H27N3O3S. The van der Waals surface area contributed by atoms with Gasteiger partial charge >= 0.3 is 0 Å². The molecule has 1 aromatic heterocycles. The van der Waals surface area contributed by atoms with Crippen LogP contribution in [0.2, 0.25) is 0 Å². The van der Waals surface area contributed by atoms with E-state index in [0.29, 0.717) is 37.2 Å². The van der Waals surface area contributed by atoms with Crippen molar-refractivity contribution < 1.29 is 13.2 Å². The van der Waals surface area contributed by atoms with Crippen LogP contribution in [0.5, 0.6) is 0 Å². The molecule has 1 aromatic carbocycles. The van der Waals surface area contributed by atoms with Crippen LogP contribution in [0, 0.1) is 6.92 Å². The van der Waals surface area contributed by atoms with Crippen molar-refractivity contribution in [3.63, 3.8) is 0 Å². The van der Waals surface area contributed by atoms with E-state index in [0.717, 1.165) is 11.3 Å². The molecule has 0 unspecified atom stereocenters.